The van der Waals surface area contributed by atoms with E-state index < -0.39 is 46.9 Å². The Morgan fingerprint density at radius 2 is 1.38 bits per heavy atom. The molecular weight excluding hydrogens is 430 g/mol. The molecule has 0 radical (unpaired) electrons. The number of amides is 2. The van der Waals surface area contributed by atoms with Crippen LogP contribution in [0.15, 0.2) is 72.8 Å². The van der Waals surface area contributed by atoms with E-state index in [-0.39, 0.29) is 11.1 Å². The molecule has 0 bridgehead atoms. The Bertz CT molecular complexity index is 1370. The molecule has 6 nitrogen and oxygen atoms in total. The monoisotopic (exact) mass is 451 g/mol. The molecule has 0 N–H and O–H groups in total. The Hall–Kier alpha value is -3.90. The first-order valence-corrected chi connectivity index (χ1v) is 11.2. The van der Waals surface area contributed by atoms with Gasteiger partial charge in [-0.05, 0) is 31.0 Å². The van der Waals surface area contributed by atoms with E-state index in [0.29, 0.717) is 11.3 Å². The van der Waals surface area contributed by atoms with Gasteiger partial charge in [-0.1, -0.05) is 72.3 Å². The fourth-order valence-corrected chi connectivity index (χ4v) is 5.75. The molecule has 34 heavy (non-hydrogen) atoms. The first-order chi connectivity index (χ1) is 16.4. The first-order valence-electron chi connectivity index (χ1n) is 11.2. The highest BCUT2D eigenvalue weighted by Crippen LogP contribution is 2.57. The molecule has 3 aromatic rings. The summed E-state index contributed by atoms with van der Waals surface area (Å²) >= 11 is 0. The van der Waals surface area contributed by atoms with Crippen molar-refractivity contribution in [3.05, 3.63) is 101 Å². The number of aryl methyl sites for hydroxylation is 2. The number of imide groups is 1. The third kappa shape index (κ3) is 2.49. The van der Waals surface area contributed by atoms with Crippen molar-refractivity contribution in [2.45, 2.75) is 25.6 Å². The van der Waals surface area contributed by atoms with E-state index in [1.165, 1.54) is 0 Å². The zero-order valence-corrected chi connectivity index (χ0v) is 18.6. The third-order valence-electron chi connectivity index (χ3n) is 7.24. The van der Waals surface area contributed by atoms with Gasteiger partial charge in [-0.15, -0.1) is 0 Å². The van der Waals surface area contributed by atoms with E-state index in [1.54, 1.807) is 54.6 Å². The summed E-state index contributed by atoms with van der Waals surface area (Å²) in [4.78, 5) is 56.4. The molecule has 6 rings (SSSR count). The van der Waals surface area contributed by atoms with Gasteiger partial charge in [0, 0.05) is 11.1 Å². The molecule has 2 saturated heterocycles. The number of fused-ring (bicyclic) bond motifs is 3. The fourth-order valence-electron chi connectivity index (χ4n) is 5.75. The van der Waals surface area contributed by atoms with Gasteiger partial charge >= 0.3 is 0 Å². The van der Waals surface area contributed by atoms with Crippen LogP contribution in [0.5, 0.6) is 0 Å². The minimum Gasteiger partial charge on any atom is -0.349 e. The lowest BCUT2D eigenvalue weighted by Crippen LogP contribution is -2.51. The first kappa shape index (κ1) is 20.7. The number of anilines is 1. The molecule has 2 heterocycles. The van der Waals surface area contributed by atoms with E-state index in [4.69, 9.17) is 4.74 Å². The average molecular weight is 451 g/mol. The third-order valence-corrected chi connectivity index (χ3v) is 7.24. The average Bonchev–Trinajstić information content (AvgIpc) is 3.40. The summed E-state index contributed by atoms with van der Waals surface area (Å²) in [5.41, 5.74) is 1.28. The van der Waals surface area contributed by atoms with Crippen LogP contribution in [0.2, 0.25) is 0 Å². The molecule has 6 heteroatoms. The second kappa shape index (κ2) is 7.05. The van der Waals surface area contributed by atoms with Crippen LogP contribution < -0.4 is 4.90 Å². The topological polar surface area (TPSA) is 80.8 Å². The van der Waals surface area contributed by atoms with Crippen LogP contribution in [0.3, 0.4) is 0 Å². The lowest BCUT2D eigenvalue weighted by Gasteiger charge is -2.27. The van der Waals surface area contributed by atoms with Crippen molar-refractivity contribution in [3.8, 4) is 0 Å². The number of nitrogens with zero attached hydrogens (tertiary/aromatic N) is 1. The van der Waals surface area contributed by atoms with Gasteiger partial charge in [0.2, 0.25) is 29.0 Å². The van der Waals surface area contributed by atoms with Gasteiger partial charge in [0.05, 0.1) is 23.6 Å². The van der Waals surface area contributed by atoms with Gasteiger partial charge in [0.25, 0.3) is 0 Å². The molecule has 1 aliphatic carbocycles. The second-order valence-corrected chi connectivity index (χ2v) is 9.19. The number of benzene rings is 3. The van der Waals surface area contributed by atoms with Crippen LogP contribution in [0.25, 0.3) is 0 Å². The molecule has 2 fully saturated rings. The summed E-state index contributed by atoms with van der Waals surface area (Å²) < 4.78 is 6.28. The largest absolute Gasteiger partial charge is 0.349 e. The maximum Gasteiger partial charge on any atom is 0.241 e. The van der Waals surface area contributed by atoms with Crippen LogP contribution in [0.1, 0.15) is 43.5 Å². The van der Waals surface area contributed by atoms with Crippen molar-refractivity contribution in [2.75, 3.05) is 4.90 Å². The van der Waals surface area contributed by atoms with E-state index in [2.05, 4.69) is 0 Å². The number of ketones is 2. The molecule has 2 amide bonds. The molecule has 3 aromatic carbocycles. The predicted octanol–water partition coefficient (Wildman–Crippen LogP) is 4.00. The van der Waals surface area contributed by atoms with E-state index in [1.807, 2.05) is 32.0 Å². The molecule has 3 atom stereocenters. The van der Waals surface area contributed by atoms with Crippen molar-refractivity contribution in [2.24, 2.45) is 11.8 Å². The Labute approximate surface area is 196 Å². The molecule has 0 aromatic heterocycles. The molecule has 2 aliphatic heterocycles. The lowest BCUT2D eigenvalue weighted by atomic mass is 9.77. The van der Waals surface area contributed by atoms with Crippen LogP contribution in [0.4, 0.5) is 5.69 Å². The molecule has 1 spiro atoms. The maximum absolute atomic E-state index is 13.9. The highest BCUT2D eigenvalue weighted by Gasteiger charge is 2.74. The predicted molar refractivity (Wildman–Crippen MR) is 123 cm³/mol. The Morgan fingerprint density at radius 1 is 0.765 bits per heavy atom. The van der Waals surface area contributed by atoms with E-state index in [0.717, 1.165) is 16.0 Å². The Balaban J connectivity index is 1.56. The number of carbonyl (C=O) groups is 4. The zero-order valence-electron chi connectivity index (χ0n) is 18.6. The van der Waals surface area contributed by atoms with Gasteiger partial charge in [0.15, 0.2) is 0 Å². The number of ether oxygens (including phenoxy) is 1. The summed E-state index contributed by atoms with van der Waals surface area (Å²) in [5.74, 6) is -4.36. The standard InChI is InChI=1S/C28H21NO5/c1-15-12-13-20(16(2)14-15)29-26(32)21-22(27(29)33)28(34-23(21)17-8-4-3-5-9-17)24(30)18-10-6-7-11-19(18)25(28)31/h3-14,21-23H,1-2H3/t21-,22+,23+/m0/s1. The molecule has 3 aliphatic rings. The zero-order chi connectivity index (χ0) is 23.8. The second-order valence-electron chi connectivity index (χ2n) is 9.19. The number of rotatable bonds is 2. The molecule has 168 valence electrons. The van der Waals surface area contributed by atoms with Gasteiger partial charge < -0.3 is 4.74 Å². The quantitative estimate of drug-likeness (QED) is 0.435. The van der Waals surface area contributed by atoms with Crippen molar-refractivity contribution < 1.29 is 23.9 Å². The van der Waals surface area contributed by atoms with Crippen molar-refractivity contribution >= 4 is 29.1 Å². The normalized spacial score (nSPS) is 24.8. The number of hydrogen-bond donors (Lipinski definition) is 0. The minimum atomic E-state index is -2.05. The summed E-state index contributed by atoms with van der Waals surface area (Å²) in [7, 11) is 0. The Kier molecular flexibility index (Phi) is 4.29. The number of Topliss-reactive ketones (excluding diaryl/α,β-unsaturated/α-hetero) is 2. The van der Waals surface area contributed by atoms with E-state index >= 15 is 0 Å². The van der Waals surface area contributed by atoms with Gasteiger partial charge in [-0.3, -0.25) is 19.2 Å². The molecular formula is C28H21NO5. The summed E-state index contributed by atoms with van der Waals surface area (Å²) in [6.45, 7) is 3.76. The smallest absolute Gasteiger partial charge is 0.241 e. The summed E-state index contributed by atoms with van der Waals surface area (Å²) in [6.07, 6.45) is -0.902. The summed E-state index contributed by atoms with van der Waals surface area (Å²) in [6, 6.07) is 21.0. The molecule has 0 unspecified atom stereocenters. The minimum absolute atomic E-state index is 0.227. The van der Waals surface area contributed by atoms with Crippen LogP contribution in [-0.2, 0) is 14.3 Å². The lowest BCUT2D eigenvalue weighted by molar-refractivity contribution is -0.127. The van der Waals surface area contributed by atoms with Crippen molar-refractivity contribution in [3.63, 3.8) is 0 Å². The number of carbonyl (C=O) groups excluding carboxylic acids is 4. The van der Waals surface area contributed by atoms with Gasteiger partial charge in [-0.2, -0.15) is 0 Å². The highest BCUT2D eigenvalue weighted by atomic mass is 16.5. The van der Waals surface area contributed by atoms with Gasteiger partial charge in [0.1, 0.15) is 0 Å². The molecule has 0 saturated carbocycles. The van der Waals surface area contributed by atoms with Crippen LogP contribution >= 0.6 is 0 Å². The van der Waals surface area contributed by atoms with Gasteiger partial charge in [-0.25, -0.2) is 4.90 Å². The summed E-state index contributed by atoms with van der Waals surface area (Å²) in [5, 5.41) is 0. The van der Waals surface area contributed by atoms with Crippen LogP contribution in [0, 0.1) is 25.7 Å². The fraction of sp³-hybridized carbons (Fsp3) is 0.214. The highest BCUT2D eigenvalue weighted by molar-refractivity contribution is 6.37. The van der Waals surface area contributed by atoms with Crippen LogP contribution in [-0.4, -0.2) is 29.0 Å². The SMILES string of the molecule is Cc1ccc(N2C(=O)[C@@H]3[C@@H](c4ccccc4)OC4(C(=O)c5ccccc5C4=O)[C@H]3C2=O)c(C)c1. The van der Waals surface area contributed by atoms with Crippen molar-refractivity contribution in [1.82, 2.24) is 0 Å². The maximum atomic E-state index is 13.9. The van der Waals surface area contributed by atoms with Crippen molar-refractivity contribution in [1.29, 1.82) is 0 Å². The van der Waals surface area contributed by atoms with E-state index in [9.17, 15) is 19.2 Å². The Morgan fingerprint density at radius 3 is 2.00 bits per heavy atom. The number of hydrogen-bond acceptors (Lipinski definition) is 5.